The normalized spacial score (nSPS) is 9.33. The molecule has 7 rings (SSSR count). The van der Waals surface area contributed by atoms with E-state index in [2.05, 4.69) is 54.4 Å². The summed E-state index contributed by atoms with van der Waals surface area (Å²) in [6.07, 6.45) is 7.18. The number of anilines is 3. The molecule has 0 saturated carbocycles. The third-order valence-corrected chi connectivity index (χ3v) is 8.13. The average Bonchev–Trinajstić information content (AvgIpc) is 3.36. The number of carboxylic acid groups (broad SMARTS) is 2. The first kappa shape index (κ1) is 55.9. The van der Waals surface area contributed by atoms with Crippen LogP contribution in [0.15, 0.2) is 164 Å². The van der Waals surface area contributed by atoms with Gasteiger partial charge in [0.25, 0.3) is 19.4 Å². The van der Waals surface area contributed by atoms with E-state index in [4.69, 9.17) is 35.6 Å². The number of isothiocyanates is 1. The molecule has 0 radical (unpaired) electrons. The van der Waals surface area contributed by atoms with Gasteiger partial charge in [-0.3, -0.25) is 34.3 Å². The van der Waals surface area contributed by atoms with Crippen LogP contribution < -0.4 is 14.4 Å². The van der Waals surface area contributed by atoms with E-state index in [0.717, 1.165) is 22.6 Å². The fraction of sp³-hybridized carbons (Fsp3) is 0. The number of ether oxygens (including phenoxy) is 3. The van der Waals surface area contributed by atoms with Gasteiger partial charge in [0.05, 0.1) is 33.9 Å². The van der Waals surface area contributed by atoms with Gasteiger partial charge in [0, 0.05) is 54.0 Å². The number of pyridine rings is 4. The maximum absolute atomic E-state index is 10.8. The molecule has 7 aromatic rings. The zero-order chi connectivity index (χ0) is 49.5. The topological polar surface area (TPSA) is 278 Å². The molecule has 0 unspecified atom stereocenters. The standard InChI is InChI=1S/C22H16N2O2.2C12H8N2O4.CHNS.CNS.Ru/c23-16-22(26-17-25)15-18-11-13-21(14-12-18)24(19-7-3-1-4-8-19)20-9-5-2-6-10-20;15-7-17-9-1-3-13-11(5-9)12-6-10(18-8-16)2-4-14-12;15-11(16)7-1-3-13-9(5-7)10-6-8(12(17)18)2-4-14-10;2*2-1-3;/h1-15,17H;1-8H;1-6H,(H,15,16)(H,17,18);3H;;/q;;;;-1;+2/p-1/b22-15+;;;;;. The van der Waals surface area contributed by atoms with Crippen molar-refractivity contribution in [3.05, 3.63) is 186 Å². The molecule has 0 bridgehead atoms. The van der Waals surface area contributed by atoms with Crippen LogP contribution in [0.5, 0.6) is 11.5 Å². The smallest absolute Gasteiger partial charge is 0.753 e. The minimum Gasteiger partial charge on any atom is -0.753 e. The van der Waals surface area contributed by atoms with Gasteiger partial charge in [-0.1, -0.05) is 66.2 Å². The summed E-state index contributed by atoms with van der Waals surface area (Å²) in [4.78, 5) is 70.8. The molecule has 0 atom stereocenters. The molecular weight excluding hydrogens is 1010 g/mol. The molecule has 344 valence electrons. The van der Waals surface area contributed by atoms with Gasteiger partial charge in [-0.25, -0.2) is 14.9 Å². The van der Waals surface area contributed by atoms with Crippen molar-refractivity contribution in [2.75, 3.05) is 4.90 Å². The Bertz CT molecular complexity index is 2790. The number of hydrogen-bond donors (Lipinski definition) is 2. The molecule has 0 saturated heterocycles. The van der Waals surface area contributed by atoms with Crippen LogP contribution in [0.1, 0.15) is 26.3 Å². The Morgan fingerprint density at radius 2 is 0.971 bits per heavy atom. The van der Waals surface area contributed by atoms with E-state index < -0.39 is 11.9 Å². The third-order valence-electron chi connectivity index (χ3n) is 8.13. The molecule has 0 aliphatic heterocycles. The molecule has 4 aromatic heterocycles. The second kappa shape index (κ2) is 31.6. The summed E-state index contributed by atoms with van der Waals surface area (Å²) >= 11 is 7.40. The van der Waals surface area contributed by atoms with Crippen molar-refractivity contribution in [2.45, 2.75) is 0 Å². The van der Waals surface area contributed by atoms with E-state index in [1.165, 1.54) is 65.7 Å². The van der Waals surface area contributed by atoms with Crippen LogP contribution in [0.4, 0.5) is 17.1 Å². The van der Waals surface area contributed by atoms with Crippen molar-refractivity contribution in [1.82, 2.24) is 19.9 Å². The number of thiocyanates is 1. The zero-order valence-electron chi connectivity index (χ0n) is 35.2. The van der Waals surface area contributed by atoms with Gasteiger partial charge in [-0.15, -0.1) is 0 Å². The Kier molecular flexibility index (Phi) is 25.6. The number of rotatable bonds is 14. The second-order valence-electron chi connectivity index (χ2n) is 12.3. The summed E-state index contributed by atoms with van der Waals surface area (Å²) in [5.74, 6) is -1.48. The van der Waals surface area contributed by atoms with Gasteiger partial charge < -0.3 is 47.4 Å². The fourth-order valence-electron chi connectivity index (χ4n) is 5.38. The molecule has 3 aromatic carbocycles. The molecule has 69 heavy (non-hydrogen) atoms. The van der Waals surface area contributed by atoms with E-state index >= 15 is 0 Å². The molecule has 2 N–H and O–H groups in total. The Labute approximate surface area is 417 Å². The molecule has 0 aliphatic carbocycles. The average molecular weight is 1050 g/mol. The summed E-state index contributed by atoms with van der Waals surface area (Å²) in [6.45, 7) is 0.910. The molecule has 0 fully saturated rings. The van der Waals surface area contributed by atoms with E-state index in [-0.39, 0.29) is 42.8 Å². The summed E-state index contributed by atoms with van der Waals surface area (Å²) in [5.41, 5.74) is 5.63. The Morgan fingerprint density at radius 1 is 0.609 bits per heavy atom. The number of carbonyl (C=O) groups excluding carboxylic acids is 3. The summed E-state index contributed by atoms with van der Waals surface area (Å²) in [5, 5.41) is 43.6. The van der Waals surface area contributed by atoms with E-state index in [0.29, 0.717) is 47.2 Å². The fourth-order valence-corrected chi connectivity index (χ4v) is 5.38. The van der Waals surface area contributed by atoms with Crippen LogP contribution in [0, 0.1) is 22.0 Å². The van der Waals surface area contributed by atoms with Crippen LogP contribution in [-0.4, -0.2) is 66.7 Å². The summed E-state index contributed by atoms with van der Waals surface area (Å²) < 4.78 is 14.0. The number of para-hydroxylation sites is 2. The Morgan fingerprint density at radius 3 is 1.32 bits per heavy atom. The predicted molar refractivity (Wildman–Crippen MR) is 253 cm³/mol. The predicted octanol–water partition coefficient (Wildman–Crippen LogP) is 8.62. The number of aromatic carboxylic acids is 2. The number of nitrogens with zero attached hydrogens (tertiary/aromatic N) is 8. The quantitative estimate of drug-likeness (QED) is 0.0151. The number of aromatic nitrogens is 4. The molecule has 18 nitrogen and oxygen atoms in total. The molecule has 0 aliphatic rings. The van der Waals surface area contributed by atoms with E-state index in [1.54, 1.807) is 24.3 Å². The first-order chi connectivity index (χ1) is 33.0. The SMILES string of the molecule is N#C/C(=C\c1ccc(N(c2ccccc2)c2ccccc2)cc1)OC=O.N#C[S-].O=C(O)c1ccnc(-c2cc(C(=O)O)ccn2)c1.O=COc1ccnc(-c2cc(OC=O)ccn2)c1.[N-]=C=S.[Ru+2]. The first-order valence-corrected chi connectivity index (χ1v) is 19.6. The number of thiocarbonyl (C=S) groups is 1. The Hall–Kier alpha value is -9.23. The minimum atomic E-state index is -1.08. The number of carbonyl (C=O) groups is 5. The molecule has 4 heterocycles. The monoisotopic (exact) mass is 1050 g/mol. The number of hydrogen-bond acceptors (Lipinski definition) is 17. The summed E-state index contributed by atoms with van der Waals surface area (Å²) in [7, 11) is 0. The molecular formula is C48H32N8O10RuS2. The third kappa shape index (κ3) is 19.0. The zero-order valence-corrected chi connectivity index (χ0v) is 38.6. The number of nitriles is 2. The maximum Gasteiger partial charge on any atom is 2.00 e. The first-order valence-electron chi connectivity index (χ1n) is 18.8. The van der Waals surface area contributed by atoms with Crippen molar-refractivity contribution >= 4 is 84.5 Å². The van der Waals surface area contributed by atoms with Crippen LogP contribution in [-0.2, 0) is 51.2 Å². The Balaban J connectivity index is 0.000000340. The maximum atomic E-state index is 10.8. The van der Waals surface area contributed by atoms with Crippen molar-refractivity contribution in [1.29, 1.82) is 10.5 Å². The minimum absolute atomic E-state index is 0. The summed E-state index contributed by atoms with van der Waals surface area (Å²) in [6, 6.07) is 41.3. The number of benzene rings is 3. The van der Waals surface area contributed by atoms with Crippen LogP contribution in [0.25, 0.3) is 34.3 Å². The van der Waals surface area contributed by atoms with Crippen LogP contribution in [0.3, 0.4) is 0 Å². The van der Waals surface area contributed by atoms with Crippen LogP contribution >= 0.6 is 12.2 Å². The van der Waals surface area contributed by atoms with Crippen molar-refractivity contribution in [3.63, 3.8) is 0 Å². The van der Waals surface area contributed by atoms with Gasteiger partial charge in [0.2, 0.25) is 5.76 Å². The number of allylic oxidation sites excluding steroid dienone is 1. The van der Waals surface area contributed by atoms with Crippen molar-refractivity contribution in [3.8, 4) is 45.7 Å². The van der Waals surface area contributed by atoms with Crippen LogP contribution in [0.2, 0.25) is 0 Å². The second-order valence-corrected chi connectivity index (χ2v) is 12.6. The van der Waals surface area contributed by atoms with Gasteiger partial charge in [-0.05, 0) is 84.4 Å². The van der Waals surface area contributed by atoms with Crippen molar-refractivity contribution < 1.29 is 67.9 Å². The molecule has 0 amide bonds. The molecule has 21 heteroatoms. The van der Waals surface area contributed by atoms with Gasteiger partial charge in [-0.2, -0.15) is 10.4 Å². The van der Waals surface area contributed by atoms with E-state index in [9.17, 15) is 24.0 Å². The van der Waals surface area contributed by atoms with E-state index in [1.807, 2.05) is 91.0 Å². The number of carboxylic acids is 2. The van der Waals surface area contributed by atoms with Gasteiger partial charge in [0.15, 0.2) is 0 Å². The molecule has 0 spiro atoms. The van der Waals surface area contributed by atoms with Gasteiger partial charge in [0.1, 0.15) is 17.6 Å². The largest absolute Gasteiger partial charge is 2.00 e. The van der Waals surface area contributed by atoms with Crippen molar-refractivity contribution in [2.24, 2.45) is 0 Å². The van der Waals surface area contributed by atoms with Gasteiger partial charge >= 0.3 is 31.4 Å².